The Hall–Kier alpha value is -1.22. The van der Waals surface area contributed by atoms with Gasteiger partial charge in [0.05, 0.1) is 0 Å². The molecule has 1 atom stereocenters. The predicted octanol–water partition coefficient (Wildman–Crippen LogP) is 2.92. The molecule has 1 rings (SSSR count). The molecule has 1 saturated heterocycles. The molecule has 15 heavy (non-hydrogen) atoms. The zero-order valence-electron chi connectivity index (χ0n) is 6.34. The fraction of sp³-hybridized carbons (Fsp3) is 0.600. The van der Waals surface area contributed by atoms with Gasteiger partial charge in [-0.05, 0) is 0 Å². The highest BCUT2D eigenvalue weighted by Gasteiger charge is 2.81. The molecule has 0 aliphatic carbocycles. The molecule has 0 radical (unpaired) electrons. The molecular weight excluding hydrogens is 244 g/mol. The van der Waals surface area contributed by atoms with Gasteiger partial charge in [-0.15, -0.1) is 0 Å². The Labute approximate surface area is 76.1 Å². The molecule has 0 saturated carbocycles. The summed E-state index contributed by atoms with van der Waals surface area (Å²) in [4.78, 5) is 0. The van der Waals surface area contributed by atoms with Gasteiger partial charge in [-0.3, -0.25) is 0 Å². The molecule has 2 nitrogen and oxygen atoms in total. The summed E-state index contributed by atoms with van der Waals surface area (Å²) in [7, 11) is 0. The summed E-state index contributed by atoms with van der Waals surface area (Å²) in [5.41, 5.74) is 0. The average molecular weight is 244 g/mol. The van der Waals surface area contributed by atoms with E-state index in [2.05, 4.69) is 9.47 Å². The maximum Gasteiger partial charge on any atom is 0.483 e. The third-order valence-electron chi connectivity index (χ3n) is 1.35. The molecule has 1 fully saturated rings. The Kier molecular flexibility index (Phi) is 2.28. The highest BCUT2D eigenvalue weighted by atomic mass is 19.4. The fourth-order valence-electron chi connectivity index (χ4n) is 0.690. The molecule has 0 aromatic heterocycles. The van der Waals surface area contributed by atoms with Crippen molar-refractivity contribution in [3.8, 4) is 0 Å². The van der Waals surface area contributed by atoms with E-state index in [9.17, 15) is 35.1 Å². The van der Waals surface area contributed by atoms with Gasteiger partial charge in [0.2, 0.25) is 0 Å². The summed E-state index contributed by atoms with van der Waals surface area (Å²) >= 11 is 0. The van der Waals surface area contributed by atoms with E-state index < -0.39 is 30.2 Å². The van der Waals surface area contributed by atoms with Gasteiger partial charge in [-0.2, -0.15) is 35.1 Å². The first-order valence-corrected chi connectivity index (χ1v) is 3.08. The molecule has 10 heteroatoms. The Morgan fingerprint density at radius 3 is 1.67 bits per heavy atom. The van der Waals surface area contributed by atoms with Gasteiger partial charge in [-0.1, -0.05) is 0 Å². The number of hydrogen-bond acceptors (Lipinski definition) is 2. The Morgan fingerprint density at radius 2 is 1.47 bits per heavy atom. The normalized spacial score (nSPS) is 29.7. The highest BCUT2D eigenvalue weighted by Crippen LogP contribution is 2.53. The summed E-state index contributed by atoms with van der Waals surface area (Å²) in [6, 6.07) is 0. The number of hydrogen-bond donors (Lipinski definition) is 0. The molecule has 1 aliphatic rings. The lowest BCUT2D eigenvalue weighted by Crippen LogP contribution is -2.53. The number of halogens is 8. The van der Waals surface area contributed by atoms with Crippen LogP contribution in [0.15, 0.2) is 12.0 Å². The molecule has 0 spiro atoms. The van der Waals surface area contributed by atoms with Crippen molar-refractivity contribution < 1.29 is 44.6 Å². The zero-order valence-corrected chi connectivity index (χ0v) is 6.34. The van der Waals surface area contributed by atoms with E-state index in [4.69, 9.17) is 0 Å². The molecule has 1 aliphatic heterocycles. The van der Waals surface area contributed by atoms with E-state index in [0.717, 1.165) is 0 Å². The standard InChI is InChI=1S/C5F8O2/c6-1(7)2-14-3(8,4(9,10)11)5(12,13)15-2. The van der Waals surface area contributed by atoms with Crippen LogP contribution >= 0.6 is 0 Å². The van der Waals surface area contributed by atoms with Crippen LogP contribution in [-0.2, 0) is 9.47 Å². The molecule has 88 valence electrons. The predicted molar refractivity (Wildman–Crippen MR) is 26.3 cm³/mol. The average Bonchev–Trinajstić information content (AvgIpc) is 2.23. The van der Waals surface area contributed by atoms with Crippen LogP contribution in [0, 0.1) is 0 Å². The number of ether oxygens (including phenoxy) is 2. The maximum absolute atomic E-state index is 12.6. The van der Waals surface area contributed by atoms with Crippen LogP contribution in [0.3, 0.4) is 0 Å². The SMILES string of the molecule is FC(F)=C1OC(F)(F)C(F)(C(F)(F)F)O1. The topological polar surface area (TPSA) is 18.5 Å². The summed E-state index contributed by atoms with van der Waals surface area (Å²) < 4.78 is 101. The molecule has 0 aromatic carbocycles. The summed E-state index contributed by atoms with van der Waals surface area (Å²) in [5, 5.41) is 0. The maximum atomic E-state index is 12.6. The summed E-state index contributed by atoms with van der Waals surface area (Å²) in [6.07, 6.45) is -14.9. The number of rotatable bonds is 0. The quantitative estimate of drug-likeness (QED) is 0.610. The molecule has 0 N–H and O–H groups in total. The first-order valence-electron chi connectivity index (χ1n) is 3.08. The van der Waals surface area contributed by atoms with Crippen LogP contribution in [0.2, 0.25) is 0 Å². The van der Waals surface area contributed by atoms with E-state index in [1.165, 1.54) is 0 Å². The minimum atomic E-state index is -6.21. The summed E-state index contributed by atoms with van der Waals surface area (Å²) in [5.74, 6) is -8.10. The van der Waals surface area contributed by atoms with Crippen LogP contribution in [0.25, 0.3) is 0 Å². The van der Waals surface area contributed by atoms with Crippen molar-refractivity contribution in [2.75, 3.05) is 0 Å². The number of alkyl halides is 6. The van der Waals surface area contributed by atoms with Crippen LogP contribution in [0.1, 0.15) is 0 Å². The van der Waals surface area contributed by atoms with E-state index in [-0.39, 0.29) is 0 Å². The first-order chi connectivity index (χ1) is 6.51. The van der Waals surface area contributed by atoms with E-state index in [0.29, 0.717) is 0 Å². The van der Waals surface area contributed by atoms with Gasteiger partial charge < -0.3 is 9.47 Å². The second-order valence-electron chi connectivity index (χ2n) is 2.36. The lowest BCUT2D eigenvalue weighted by atomic mass is 10.3. The first kappa shape index (κ1) is 11.9. The van der Waals surface area contributed by atoms with Crippen molar-refractivity contribution in [3.05, 3.63) is 12.0 Å². The minimum absolute atomic E-state index is 2.49. The van der Waals surface area contributed by atoms with Crippen molar-refractivity contribution in [2.24, 2.45) is 0 Å². The minimum Gasteiger partial charge on any atom is -0.407 e. The lowest BCUT2D eigenvalue weighted by Gasteiger charge is -2.23. The summed E-state index contributed by atoms with van der Waals surface area (Å²) in [6.45, 7) is 0. The molecule has 0 amide bonds. The second kappa shape index (κ2) is 2.89. The van der Waals surface area contributed by atoms with Gasteiger partial charge in [0, 0.05) is 0 Å². The van der Waals surface area contributed by atoms with Crippen molar-refractivity contribution in [1.29, 1.82) is 0 Å². The Bertz CT molecular complexity index is 303. The molecule has 1 heterocycles. The second-order valence-corrected chi connectivity index (χ2v) is 2.36. The molecular formula is C5F8O2. The van der Waals surface area contributed by atoms with Gasteiger partial charge >= 0.3 is 30.2 Å². The monoisotopic (exact) mass is 244 g/mol. The van der Waals surface area contributed by atoms with Gasteiger partial charge in [0.15, 0.2) is 0 Å². The molecule has 0 bridgehead atoms. The van der Waals surface area contributed by atoms with E-state index >= 15 is 0 Å². The lowest BCUT2D eigenvalue weighted by molar-refractivity contribution is -0.393. The van der Waals surface area contributed by atoms with E-state index in [1.54, 1.807) is 0 Å². The van der Waals surface area contributed by atoms with Crippen LogP contribution in [0.4, 0.5) is 35.1 Å². The largest absolute Gasteiger partial charge is 0.483 e. The zero-order chi connectivity index (χ0) is 12.1. The van der Waals surface area contributed by atoms with Crippen molar-refractivity contribution in [2.45, 2.75) is 18.1 Å². The fourth-order valence-corrected chi connectivity index (χ4v) is 0.690. The van der Waals surface area contributed by atoms with Crippen molar-refractivity contribution in [3.63, 3.8) is 0 Å². The van der Waals surface area contributed by atoms with Crippen molar-refractivity contribution >= 4 is 0 Å². The third-order valence-corrected chi connectivity index (χ3v) is 1.35. The van der Waals surface area contributed by atoms with Gasteiger partial charge in [0.1, 0.15) is 0 Å². The Morgan fingerprint density at radius 1 is 1.00 bits per heavy atom. The van der Waals surface area contributed by atoms with Gasteiger partial charge in [-0.25, -0.2) is 0 Å². The Balaban J connectivity index is 3.18. The van der Waals surface area contributed by atoms with Crippen LogP contribution in [-0.4, -0.2) is 18.1 Å². The molecule has 1 unspecified atom stereocenters. The van der Waals surface area contributed by atoms with Crippen molar-refractivity contribution in [1.82, 2.24) is 0 Å². The smallest absolute Gasteiger partial charge is 0.407 e. The third kappa shape index (κ3) is 1.57. The van der Waals surface area contributed by atoms with Crippen LogP contribution < -0.4 is 0 Å². The van der Waals surface area contributed by atoms with Crippen LogP contribution in [0.5, 0.6) is 0 Å². The highest BCUT2D eigenvalue weighted by molar-refractivity contribution is 5.01. The van der Waals surface area contributed by atoms with Gasteiger partial charge in [0.25, 0.3) is 0 Å². The van der Waals surface area contributed by atoms with E-state index in [1.807, 2.05) is 0 Å². The molecule has 0 aromatic rings.